The number of hydrogen-bond donors (Lipinski definition) is 1. The Hall–Kier alpha value is -3.10. The van der Waals surface area contributed by atoms with Crippen molar-refractivity contribution in [3.05, 3.63) is 41.3 Å². The van der Waals surface area contributed by atoms with E-state index in [4.69, 9.17) is 4.52 Å². The number of aromatic nitrogens is 5. The van der Waals surface area contributed by atoms with Gasteiger partial charge < -0.3 is 9.51 Å². The Morgan fingerprint density at radius 2 is 1.85 bits per heavy atom. The molecule has 0 saturated carbocycles. The fourth-order valence-corrected chi connectivity index (χ4v) is 3.38. The quantitative estimate of drug-likeness (QED) is 0.557. The lowest BCUT2D eigenvalue weighted by molar-refractivity contribution is -0.140. The van der Waals surface area contributed by atoms with Gasteiger partial charge in [0.15, 0.2) is 5.69 Å². The lowest BCUT2D eigenvalue weighted by Crippen LogP contribution is -2.08. The Balaban J connectivity index is 2.07. The second-order valence-corrected chi connectivity index (χ2v) is 6.50. The Labute approximate surface area is 152 Å². The summed E-state index contributed by atoms with van der Waals surface area (Å²) in [5.41, 5.74) is 2.61. The average molecular weight is 375 g/mol. The molecular formula is C18H16F3N5O. The Bertz CT molecular complexity index is 1150. The first-order chi connectivity index (χ1) is 12.6. The van der Waals surface area contributed by atoms with Crippen molar-refractivity contribution in [2.75, 3.05) is 0 Å². The number of hydrogen-bond acceptors (Lipinski definition) is 4. The molecule has 0 spiro atoms. The lowest BCUT2D eigenvalue weighted by atomic mass is 9.96. The maximum absolute atomic E-state index is 13.5. The van der Waals surface area contributed by atoms with E-state index in [9.17, 15) is 13.2 Å². The van der Waals surface area contributed by atoms with E-state index in [1.165, 1.54) is 13.2 Å². The first-order valence-electron chi connectivity index (χ1n) is 8.20. The first-order valence-corrected chi connectivity index (χ1v) is 8.20. The number of rotatable bonds is 2. The summed E-state index contributed by atoms with van der Waals surface area (Å²) in [4.78, 5) is 7.49. The van der Waals surface area contributed by atoms with E-state index < -0.39 is 11.9 Å². The van der Waals surface area contributed by atoms with Crippen LogP contribution < -0.4 is 0 Å². The molecule has 27 heavy (non-hydrogen) atoms. The van der Waals surface area contributed by atoms with Crippen LogP contribution in [0.2, 0.25) is 0 Å². The van der Waals surface area contributed by atoms with Crippen molar-refractivity contribution in [2.45, 2.75) is 26.9 Å². The average Bonchev–Trinajstić information content (AvgIpc) is 3.22. The summed E-state index contributed by atoms with van der Waals surface area (Å²) in [7, 11) is 1.46. The number of nitrogens with one attached hydrogen (secondary N) is 1. The topological polar surface area (TPSA) is 72.5 Å². The first kappa shape index (κ1) is 17.3. The van der Waals surface area contributed by atoms with Crippen LogP contribution in [0.4, 0.5) is 13.2 Å². The van der Waals surface area contributed by atoms with E-state index in [1.807, 2.05) is 6.07 Å². The van der Waals surface area contributed by atoms with Gasteiger partial charge in [-0.15, -0.1) is 0 Å². The van der Waals surface area contributed by atoms with Gasteiger partial charge in [-0.25, -0.2) is 4.98 Å². The molecule has 6 nitrogen and oxygen atoms in total. The van der Waals surface area contributed by atoms with E-state index >= 15 is 0 Å². The number of halogens is 3. The van der Waals surface area contributed by atoms with E-state index in [1.54, 1.807) is 26.8 Å². The number of fused-ring (bicyclic) bond motifs is 1. The Morgan fingerprint density at radius 3 is 2.48 bits per heavy atom. The minimum atomic E-state index is -4.58. The van der Waals surface area contributed by atoms with Crippen molar-refractivity contribution in [2.24, 2.45) is 7.05 Å². The molecule has 0 radical (unpaired) electrons. The monoisotopic (exact) mass is 375 g/mol. The largest absolute Gasteiger partial charge is 0.435 e. The zero-order valence-corrected chi connectivity index (χ0v) is 15.1. The van der Waals surface area contributed by atoms with Crippen LogP contribution in [0.25, 0.3) is 33.3 Å². The maximum atomic E-state index is 13.5. The van der Waals surface area contributed by atoms with E-state index in [0.29, 0.717) is 39.4 Å². The fourth-order valence-electron chi connectivity index (χ4n) is 3.38. The van der Waals surface area contributed by atoms with Gasteiger partial charge in [0.1, 0.15) is 11.6 Å². The molecule has 9 heteroatoms. The molecule has 140 valence electrons. The van der Waals surface area contributed by atoms with Gasteiger partial charge in [-0.3, -0.25) is 4.68 Å². The molecule has 1 aromatic carbocycles. The molecule has 0 unspecified atom stereocenters. The third kappa shape index (κ3) is 2.79. The van der Waals surface area contributed by atoms with Crippen molar-refractivity contribution in [3.8, 4) is 22.3 Å². The number of aryl methyl sites for hydroxylation is 4. The summed E-state index contributed by atoms with van der Waals surface area (Å²) in [5, 5.41) is 7.57. The van der Waals surface area contributed by atoms with Gasteiger partial charge in [0.25, 0.3) is 0 Å². The van der Waals surface area contributed by atoms with Crippen LogP contribution in [0, 0.1) is 20.8 Å². The van der Waals surface area contributed by atoms with E-state index in [-0.39, 0.29) is 5.56 Å². The molecule has 3 heterocycles. The number of alkyl halides is 3. The van der Waals surface area contributed by atoms with Crippen molar-refractivity contribution in [1.29, 1.82) is 0 Å². The van der Waals surface area contributed by atoms with Crippen LogP contribution in [0.1, 0.15) is 23.0 Å². The highest BCUT2D eigenvalue weighted by Crippen LogP contribution is 2.40. The van der Waals surface area contributed by atoms with Crippen LogP contribution in [0.3, 0.4) is 0 Å². The molecular weight excluding hydrogens is 359 g/mol. The highest BCUT2D eigenvalue weighted by molar-refractivity contribution is 5.97. The molecule has 0 fully saturated rings. The molecule has 0 aliphatic carbocycles. The van der Waals surface area contributed by atoms with Gasteiger partial charge in [0, 0.05) is 29.9 Å². The number of aromatic amines is 1. The molecule has 3 aromatic heterocycles. The van der Waals surface area contributed by atoms with Gasteiger partial charge in [-0.05, 0) is 38.5 Å². The van der Waals surface area contributed by atoms with Crippen molar-refractivity contribution < 1.29 is 17.7 Å². The van der Waals surface area contributed by atoms with Crippen molar-refractivity contribution in [3.63, 3.8) is 0 Å². The normalized spacial score (nSPS) is 12.3. The molecule has 4 rings (SSSR count). The molecule has 0 saturated heterocycles. The number of nitrogens with zero attached hydrogens (tertiary/aromatic N) is 4. The third-order valence-electron chi connectivity index (χ3n) is 4.41. The van der Waals surface area contributed by atoms with Crippen molar-refractivity contribution in [1.82, 2.24) is 24.9 Å². The van der Waals surface area contributed by atoms with Gasteiger partial charge in [-0.1, -0.05) is 5.16 Å². The molecule has 4 aromatic rings. The SMILES string of the molecule is Cc1nc2c(-c3cn(C)nc3C(F)(F)F)cc(-c3c(C)noc3C)cc2[nH]1. The zero-order valence-electron chi connectivity index (χ0n) is 15.1. The molecule has 0 atom stereocenters. The van der Waals surface area contributed by atoms with Crippen LogP contribution in [0.15, 0.2) is 22.9 Å². The van der Waals surface area contributed by atoms with Crippen LogP contribution >= 0.6 is 0 Å². The standard InChI is InChI=1S/C18H16F3N5O/c1-8-15(9(2)27-25-8)11-5-12(16-14(6-11)22-10(3)23-16)13-7-26(4)24-17(13)18(19,20)21/h5-7H,1-4H3,(H,22,23). The van der Waals surface area contributed by atoms with Crippen LogP contribution in [-0.4, -0.2) is 24.9 Å². The van der Waals surface area contributed by atoms with E-state index in [0.717, 1.165) is 10.2 Å². The third-order valence-corrected chi connectivity index (χ3v) is 4.41. The van der Waals surface area contributed by atoms with Crippen molar-refractivity contribution >= 4 is 11.0 Å². The summed E-state index contributed by atoms with van der Waals surface area (Å²) in [6.07, 6.45) is -3.22. The van der Waals surface area contributed by atoms with E-state index in [2.05, 4.69) is 20.2 Å². The number of benzene rings is 1. The molecule has 0 amide bonds. The highest BCUT2D eigenvalue weighted by Gasteiger charge is 2.38. The summed E-state index contributed by atoms with van der Waals surface area (Å²) in [6.45, 7) is 5.31. The Morgan fingerprint density at radius 1 is 1.11 bits per heavy atom. The predicted molar refractivity (Wildman–Crippen MR) is 93.0 cm³/mol. The maximum Gasteiger partial charge on any atom is 0.435 e. The molecule has 1 N–H and O–H groups in total. The minimum absolute atomic E-state index is 0.0184. The van der Waals surface area contributed by atoms with Crippen LogP contribution in [0.5, 0.6) is 0 Å². The predicted octanol–water partition coefficient (Wildman–Crippen LogP) is 4.56. The number of H-pyrrole nitrogens is 1. The van der Waals surface area contributed by atoms with Gasteiger partial charge in [0.05, 0.1) is 16.7 Å². The summed E-state index contributed by atoms with van der Waals surface area (Å²) < 4.78 is 47.0. The van der Waals surface area contributed by atoms with Gasteiger partial charge in [-0.2, -0.15) is 18.3 Å². The summed E-state index contributed by atoms with van der Waals surface area (Å²) >= 11 is 0. The molecule has 0 aliphatic rings. The highest BCUT2D eigenvalue weighted by atomic mass is 19.4. The fraction of sp³-hybridized carbons (Fsp3) is 0.278. The summed E-state index contributed by atoms with van der Waals surface area (Å²) in [5.74, 6) is 1.20. The second kappa shape index (κ2) is 5.70. The van der Waals surface area contributed by atoms with Gasteiger partial charge >= 0.3 is 6.18 Å². The summed E-state index contributed by atoms with van der Waals surface area (Å²) in [6, 6.07) is 3.52. The van der Waals surface area contributed by atoms with Gasteiger partial charge in [0.2, 0.25) is 0 Å². The Kier molecular flexibility index (Phi) is 3.66. The lowest BCUT2D eigenvalue weighted by Gasteiger charge is -2.09. The molecule has 0 bridgehead atoms. The zero-order chi connectivity index (χ0) is 19.5. The van der Waals surface area contributed by atoms with Crippen LogP contribution in [-0.2, 0) is 13.2 Å². The minimum Gasteiger partial charge on any atom is -0.361 e. The molecule has 0 aliphatic heterocycles. The number of imidazole rings is 1. The second-order valence-electron chi connectivity index (χ2n) is 6.50. The smallest absolute Gasteiger partial charge is 0.361 e.